The second kappa shape index (κ2) is 6.08. The Morgan fingerprint density at radius 2 is 1.41 bits per heavy atom. The number of halogens is 8. The first-order valence-corrected chi connectivity index (χ1v) is 4.56. The van der Waals surface area contributed by atoms with Crippen LogP contribution in [0.2, 0.25) is 0 Å². The van der Waals surface area contributed by atoms with Gasteiger partial charge in [-0.15, -0.1) is 12.4 Å². The van der Waals surface area contributed by atoms with Crippen molar-refractivity contribution in [3.8, 4) is 0 Å². The predicted octanol–water partition coefficient (Wildman–Crippen LogP) is 3.76. The molecule has 0 amide bonds. The van der Waals surface area contributed by atoms with Crippen LogP contribution in [0.5, 0.6) is 0 Å². The normalized spacial score (nSPS) is 15.4. The minimum atomic E-state index is -6.31. The molecule has 1 nitrogen and oxygen atoms in total. The molecule has 0 aromatic rings. The average molecular weight is 292 g/mol. The second-order valence-electron chi connectivity index (χ2n) is 3.44. The van der Waals surface area contributed by atoms with Crippen LogP contribution in [0, 0.1) is 0 Å². The molecule has 0 saturated carbocycles. The molecule has 0 rings (SSSR count). The van der Waals surface area contributed by atoms with Gasteiger partial charge in [0.15, 0.2) is 0 Å². The van der Waals surface area contributed by atoms with Crippen molar-refractivity contribution in [2.24, 2.45) is 5.73 Å². The van der Waals surface area contributed by atoms with E-state index in [0.29, 0.717) is 6.42 Å². The van der Waals surface area contributed by atoms with E-state index in [0.717, 1.165) is 0 Å². The van der Waals surface area contributed by atoms with Crippen molar-refractivity contribution in [1.82, 2.24) is 0 Å². The lowest BCUT2D eigenvalue weighted by Gasteiger charge is -2.32. The van der Waals surface area contributed by atoms with Crippen LogP contribution in [-0.2, 0) is 0 Å². The van der Waals surface area contributed by atoms with Gasteiger partial charge in [-0.1, -0.05) is 19.8 Å². The summed E-state index contributed by atoms with van der Waals surface area (Å²) in [6.45, 7) is 1.58. The van der Waals surface area contributed by atoms with Gasteiger partial charge >= 0.3 is 18.0 Å². The number of unbranched alkanes of at least 4 members (excludes halogenated alkanes) is 1. The molecule has 1 atom stereocenters. The van der Waals surface area contributed by atoms with Gasteiger partial charge in [0.05, 0.1) is 6.04 Å². The van der Waals surface area contributed by atoms with E-state index >= 15 is 0 Å². The molecule has 0 radical (unpaired) electrons. The first-order chi connectivity index (χ1) is 6.98. The Balaban J connectivity index is 0. The molecule has 0 aromatic heterocycles. The van der Waals surface area contributed by atoms with Gasteiger partial charge in [0, 0.05) is 0 Å². The van der Waals surface area contributed by atoms with Crippen LogP contribution in [0.15, 0.2) is 0 Å². The second-order valence-corrected chi connectivity index (χ2v) is 3.44. The van der Waals surface area contributed by atoms with Gasteiger partial charge in [0.25, 0.3) is 0 Å². The fraction of sp³-hybridized carbons (Fsp3) is 1.00. The van der Waals surface area contributed by atoms with Crippen molar-refractivity contribution in [2.75, 3.05) is 0 Å². The lowest BCUT2D eigenvalue weighted by molar-refractivity contribution is -0.358. The molecular formula is C8H13ClF7N. The van der Waals surface area contributed by atoms with Crippen LogP contribution in [-0.4, -0.2) is 24.1 Å². The zero-order valence-corrected chi connectivity index (χ0v) is 9.65. The van der Waals surface area contributed by atoms with E-state index in [1.165, 1.54) is 0 Å². The Morgan fingerprint density at radius 1 is 1.00 bits per heavy atom. The number of rotatable bonds is 5. The Labute approximate surface area is 99.9 Å². The summed E-state index contributed by atoms with van der Waals surface area (Å²) in [5.41, 5.74) is 4.69. The van der Waals surface area contributed by atoms with Crippen molar-refractivity contribution < 1.29 is 30.7 Å². The van der Waals surface area contributed by atoms with E-state index < -0.39 is 30.5 Å². The molecule has 0 fully saturated rings. The van der Waals surface area contributed by atoms with E-state index in [4.69, 9.17) is 5.73 Å². The van der Waals surface area contributed by atoms with Gasteiger partial charge in [-0.2, -0.15) is 30.7 Å². The highest BCUT2D eigenvalue weighted by atomic mass is 35.5. The summed E-state index contributed by atoms with van der Waals surface area (Å²) >= 11 is 0. The Kier molecular flexibility index (Phi) is 6.84. The van der Waals surface area contributed by atoms with Crippen LogP contribution in [0.4, 0.5) is 30.7 Å². The SMILES string of the molecule is CCCC[C@H](N)C(F)(F)C(F)(F)C(F)(F)F.Cl. The van der Waals surface area contributed by atoms with Gasteiger partial charge in [-0.3, -0.25) is 0 Å². The summed E-state index contributed by atoms with van der Waals surface area (Å²) in [4.78, 5) is 0. The van der Waals surface area contributed by atoms with Crippen LogP contribution < -0.4 is 5.73 Å². The Hall–Kier alpha value is -0.240. The molecule has 0 heterocycles. The van der Waals surface area contributed by atoms with Gasteiger partial charge in [-0.25, -0.2) is 0 Å². The maximum absolute atomic E-state index is 12.8. The molecule has 9 heteroatoms. The molecular weight excluding hydrogens is 279 g/mol. The summed E-state index contributed by atoms with van der Waals surface area (Å²) in [5, 5.41) is 0. The summed E-state index contributed by atoms with van der Waals surface area (Å²) in [6, 6.07) is -2.51. The third-order valence-corrected chi connectivity index (χ3v) is 2.11. The average Bonchev–Trinajstić information content (AvgIpc) is 2.11. The first kappa shape index (κ1) is 19.1. The molecule has 2 N–H and O–H groups in total. The molecule has 0 aliphatic carbocycles. The molecule has 0 aliphatic rings. The summed E-state index contributed by atoms with van der Waals surface area (Å²) in [5.74, 6) is -11.4. The maximum Gasteiger partial charge on any atom is 0.459 e. The smallest absolute Gasteiger partial charge is 0.322 e. The molecule has 0 bridgehead atoms. The molecule has 0 aromatic carbocycles. The summed E-state index contributed by atoms with van der Waals surface area (Å²) in [7, 11) is 0. The lowest BCUT2D eigenvalue weighted by atomic mass is 9.98. The van der Waals surface area contributed by atoms with Crippen LogP contribution >= 0.6 is 12.4 Å². The van der Waals surface area contributed by atoms with Gasteiger partial charge in [0.2, 0.25) is 0 Å². The van der Waals surface area contributed by atoms with E-state index in [1.807, 2.05) is 0 Å². The van der Waals surface area contributed by atoms with Gasteiger partial charge in [-0.05, 0) is 6.42 Å². The highest BCUT2D eigenvalue weighted by Gasteiger charge is 2.74. The zero-order chi connectivity index (χ0) is 13.2. The predicted molar refractivity (Wildman–Crippen MR) is 50.7 cm³/mol. The molecule has 17 heavy (non-hydrogen) atoms. The Morgan fingerprint density at radius 3 is 1.71 bits per heavy atom. The standard InChI is InChI=1S/C8H12F7N.ClH/c1-2-3-4-5(16)6(9,10)7(11,12)8(13,14)15;/h5H,2-4,16H2,1H3;1H/t5-;/m0./s1. The van der Waals surface area contributed by atoms with Crippen LogP contribution in [0.3, 0.4) is 0 Å². The fourth-order valence-corrected chi connectivity index (χ4v) is 1.03. The molecule has 0 aliphatic heterocycles. The monoisotopic (exact) mass is 291 g/mol. The van der Waals surface area contributed by atoms with E-state index in [1.54, 1.807) is 6.92 Å². The maximum atomic E-state index is 12.8. The summed E-state index contributed by atoms with van der Waals surface area (Å²) < 4.78 is 85.7. The van der Waals surface area contributed by atoms with E-state index in [9.17, 15) is 30.7 Å². The highest BCUT2D eigenvalue weighted by molar-refractivity contribution is 5.85. The van der Waals surface area contributed by atoms with Crippen molar-refractivity contribution in [1.29, 1.82) is 0 Å². The minimum Gasteiger partial charge on any atom is -0.322 e. The van der Waals surface area contributed by atoms with Crippen LogP contribution in [0.1, 0.15) is 26.2 Å². The van der Waals surface area contributed by atoms with Crippen molar-refractivity contribution >= 4 is 12.4 Å². The van der Waals surface area contributed by atoms with Crippen LogP contribution in [0.25, 0.3) is 0 Å². The van der Waals surface area contributed by atoms with E-state index in [2.05, 4.69) is 0 Å². The molecule has 106 valence electrons. The first-order valence-electron chi connectivity index (χ1n) is 4.56. The Bertz CT molecular complexity index is 228. The van der Waals surface area contributed by atoms with E-state index in [-0.39, 0.29) is 18.8 Å². The topological polar surface area (TPSA) is 26.0 Å². The number of alkyl halides is 7. The molecule has 0 spiro atoms. The van der Waals surface area contributed by atoms with Crippen molar-refractivity contribution in [3.63, 3.8) is 0 Å². The highest BCUT2D eigenvalue weighted by Crippen LogP contribution is 2.48. The largest absolute Gasteiger partial charge is 0.459 e. The molecule has 0 saturated heterocycles. The van der Waals surface area contributed by atoms with Gasteiger partial charge in [0.1, 0.15) is 0 Å². The third kappa shape index (κ3) is 3.87. The van der Waals surface area contributed by atoms with Crippen molar-refractivity contribution in [2.45, 2.75) is 50.2 Å². The van der Waals surface area contributed by atoms with Gasteiger partial charge < -0.3 is 5.73 Å². The quantitative estimate of drug-likeness (QED) is 0.767. The lowest BCUT2D eigenvalue weighted by Crippen LogP contribution is -2.60. The number of nitrogens with two attached hydrogens (primary N) is 1. The minimum absolute atomic E-state index is 0. The zero-order valence-electron chi connectivity index (χ0n) is 8.83. The fourth-order valence-electron chi connectivity index (χ4n) is 1.03. The molecule has 0 unspecified atom stereocenters. The van der Waals surface area contributed by atoms with Crippen molar-refractivity contribution in [3.05, 3.63) is 0 Å². The summed E-state index contributed by atoms with van der Waals surface area (Å²) in [6.07, 6.45) is -6.46. The third-order valence-electron chi connectivity index (χ3n) is 2.11. The number of hydrogen-bond donors (Lipinski definition) is 1. The number of hydrogen-bond acceptors (Lipinski definition) is 1.